The second kappa shape index (κ2) is 5.41. The third-order valence-corrected chi connectivity index (χ3v) is 3.93. The summed E-state index contributed by atoms with van der Waals surface area (Å²) < 4.78 is 5.59. The maximum atomic E-state index is 5.82. The predicted molar refractivity (Wildman–Crippen MR) is 73.2 cm³/mol. The highest BCUT2D eigenvalue weighted by Gasteiger charge is 2.31. The molecule has 100 valence electrons. The van der Waals surface area contributed by atoms with E-state index in [0.717, 1.165) is 43.1 Å². The van der Waals surface area contributed by atoms with E-state index in [1.54, 1.807) is 7.11 Å². The molecule has 0 aromatic carbocycles. The standard InChI is InChI=1S/C13H20ClN3O/c1-10-11(7-14)8-15-12(16-10)17-6-4-5-13(2,9-17)18-3/h8H,4-7,9H2,1-3H3. The van der Waals surface area contributed by atoms with Crippen molar-refractivity contribution in [3.8, 4) is 0 Å². The van der Waals surface area contributed by atoms with Crippen LogP contribution in [-0.2, 0) is 10.6 Å². The third kappa shape index (κ3) is 2.75. The number of halogens is 1. The normalized spacial score (nSPS) is 24.3. The Morgan fingerprint density at radius 1 is 1.56 bits per heavy atom. The molecular weight excluding hydrogens is 250 g/mol. The lowest BCUT2D eigenvalue weighted by Crippen LogP contribution is -2.48. The highest BCUT2D eigenvalue weighted by Crippen LogP contribution is 2.26. The Hall–Kier alpha value is -0.870. The van der Waals surface area contributed by atoms with E-state index in [4.69, 9.17) is 16.3 Å². The van der Waals surface area contributed by atoms with Crippen molar-refractivity contribution in [2.75, 3.05) is 25.1 Å². The van der Waals surface area contributed by atoms with E-state index < -0.39 is 0 Å². The van der Waals surface area contributed by atoms with E-state index in [2.05, 4.69) is 21.8 Å². The van der Waals surface area contributed by atoms with Crippen LogP contribution in [0.15, 0.2) is 6.20 Å². The molecule has 0 saturated carbocycles. The molecule has 1 saturated heterocycles. The minimum Gasteiger partial charge on any atom is -0.377 e. The molecule has 0 bridgehead atoms. The molecule has 18 heavy (non-hydrogen) atoms. The van der Waals surface area contributed by atoms with Gasteiger partial charge in [-0.15, -0.1) is 11.6 Å². The largest absolute Gasteiger partial charge is 0.377 e. The van der Waals surface area contributed by atoms with Crippen LogP contribution in [0.4, 0.5) is 5.95 Å². The van der Waals surface area contributed by atoms with Crippen molar-refractivity contribution in [2.45, 2.75) is 38.2 Å². The van der Waals surface area contributed by atoms with Gasteiger partial charge >= 0.3 is 0 Å². The lowest BCUT2D eigenvalue weighted by Gasteiger charge is -2.39. The number of hydrogen-bond acceptors (Lipinski definition) is 4. The van der Waals surface area contributed by atoms with E-state index >= 15 is 0 Å². The summed E-state index contributed by atoms with van der Waals surface area (Å²) in [5.41, 5.74) is 1.85. The topological polar surface area (TPSA) is 38.2 Å². The van der Waals surface area contributed by atoms with Crippen molar-refractivity contribution in [3.05, 3.63) is 17.5 Å². The number of piperidine rings is 1. The van der Waals surface area contributed by atoms with Crippen LogP contribution in [0.5, 0.6) is 0 Å². The molecule has 1 aromatic heterocycles. The lowest BCUT2D eigenvalue weighted by atomic mass is 9.95. The first kappa shape index (κ1) is 13.6. The highest BCUT2D eigenvalue weighted by molar-refractivity contribution is 6.17. The molecule has 0 aliphatic carbocycles. The SMILES string of the molecule is COC1(C)CCCN(c2ncc(CCl)c(C)n2)C1. The molecular formula is C13H20ClN3O. The number of aryl methyl sites for hydroxylation is 1. The van der Waals surface area contributed by atoms with Gasteiger partial charge in [0.05, 0.1) is 11.5 Å². The summed E-state index contributed by atoms with van der Waals surface area (Å²) in [6, 6.07) is 0. The fourth-order valence-corrected chi connectivity index (χ4v) is 2.57. The smallest absolute Gasteiger partial charge is 0.225 e. The number of methoxy groups -OCH3 is 1. The molecule has 4 nitrogen and oxygen atoms in total. The molecule has 0 spiro atoms. The van der Waals surface area contributed by atoms with Gasteiger partial charge in [0, 0.05) is 37.7 Å². The van der Waals surface area contributed by atoms with Gasteiger partial charge in [0.1, 0.15) is 0 Å². The molecule has 5 heteroatoms. The Labute approximate surface area is 113 Å². The fourth-order valence-electron chi connectivity index (χ4n) is 2.31. The van der Waals surface area contributed by atoms with Crippen LogP contribution in [0, 0.1) is 6.92 Å². The van der Waals surface area contributed by atoms with Gasteiger partial charge in [0.25, 0.3) is 0 Å². The molecule has 1 fully saturated rings. The first-order valence-electron chi connectivity index (χ1n) is 6.26. The molecule has 1 aliphatic rings. The van der Waals surface area contributed by atoms with Crippen LogP contribution < -0.4 is 4.90 Å². The van der Waals surface area contributed by atoms with Gasteiger partial charge in [-0.1, -0.05) is 0 Å². The lowest BCUT2D eigenvalue weighted by molar-refractivity contribution is -0.00499. The molecule has 1 unspecified atom stereocenters. The summed E-state index contributed by atoms with van der Waals surface area (Å²) in [7, 11) is 1.77. The Kier molecular flexibility index (Phi) is 4.07. The molecule has 1 aromatic rings. The van der Waals surface area contributed by atoms with Crippen molar-refractivity contribution in [1.82, 2.24) is 9.97 Å². The second-order valence-electron chi connectivity index (χ2n) is 5.09. The fraction of sp³-hybridized carbons (Fsp3) is 0.692. The number of alkyl halides is 1. The van der Waals surface area contributed by atoms with Crippen molar-refractivity contribution >= 4 is 17.5 Å². The van der Waals surface area contributed by atoms with E-state index in [1.165, 1.54) is 0 Å². The van der Waals surface area contributed by atoms with Gasteiger partial charge < -0.3 is 9.64 Å². The van der Waals surface area contributed by atoms with Crippen molar-refractivity contribution in [3.63, 3.8) is 0 Å². The van der Waals surface area contributed by atoms with Crippen molar-refractivity contribution < 1.29 is 4.74 Å². The number of aromatic nitrogens is 2. The maximum absolute atomic E-state index is 5.82. The van der Waals surface area contributed by atoms with Crippen LogP contribution in [0.25, 0.3) is 0 Å². The summed E-state index contributed by atoms with van der Waals surface area (Å²) >= 11 is 5.82. The van der Waals surface area contributed by atoms with Crippen LogP contribution in [0.1, 0.15) is 31.0 Å². The summed E-state index contributed by atoms with van der Waals surface area (Å²) in [5.74, 6) is 1.24. The molecule has 0 amide bonds. The van der Waals surface area contributed by atoms with Crippen LogP contribution >= 0.6 is 11.6 Å². The summed E-state index contributed by atoms with van der Waals surface area (Å²) in [6.45, 7) is 5.93. The Bertz CT molecular complexity index is 427. The van der Waals surface area contributed by atoms with Gasteiger partial charge in [-0.3, -0.25) is 0 Å². The van der Waals surface area contributed by atoms with Crippen LogP contribution in [0.3, 0.4) is 0 Å². The average molecular weight is 270 g/mol. The molecule has 2 rings (SSSR count). The van der Waals surface area contributed by atoms with Gasteiger partial charge in [-0.25, -0.2) is 9.97 Å². The minimum atomic E-state index is -0.0966. The van der Waals surface area contributed by atoms with Gasteiger partial charge in [0.15, 0.2) is 0 Å². The quantitative estimate of drug-likeness (QED) is 0.791. The van der Waals surface area contributed by atoms with Crippen LogP contribution in [0.2, 0.25) is 0 Å². The molecule has 2 heterocycles. The first-order valence-corrected chi connectivity index (χ1v) is 6.80. The van der Waals surface area contributed by atoms with E-state index in [0.29, 0.717) is 5.88 Å². The van der Waals surface area contributed by atoms with Crippen molar-refractivity contribution in [2.24, 2.45) is 0 Å². The van der Waals surface area contributed by atoms with E-state index in [-0.39, 0.29) is 5.60 Å². The minimum absolute atomic E-state index is 0.0966. The summed E-state index contributed by atoms with van der Waals surface area (Å²) in [4.78, 5) is 11.1. The Morgan fingerprint density at radius 3 is 2.94 bits per heavy atom. The maximum Gasteiger partial charge on any atom is 0.225 e. The number of nitrogens with zero attached hydrogens (tertiary/aromatic N) is 3. The Balaban J connectivity index is 2.18. The zero-order valence-corrected chi connectivity index (χ0v) is 12.0. The van der Waals surface area contributed by atoms with Crippen LogP contribution in [-0.4, -0.2) is 35.8 Å². The van der Waals surface area contributed by atoms with E-state index in [1.807, 2.05) is 13.1 Å². The van der Waals surface area contributed by atoms with Crippen molar-refractivity contribution in [1.29, 1.82) is 0 Å². The number of rotatable bonds is 3. The first-order chi connectivity index (χ1) is 8.58. The zero-order valence-electron chi connectivity index (χ0n) is 11.2. The summed E-state index contributed by atoms with van der Waals surface area (Å²) in [6.07, 6.45) is 4.01. The molecule has 1 atom stereocenters. The van der Waals surface area contributed by atoms with Gasteiger partial charge in [0.2, 0.25) is 5.95 Å². The molecule has 0 N–H and O–H groups in total. The molecule has 1 aliphatic heterocycles. The summed E-state index contributed by atoms with van der Waals surface area (Å²) in [5, 5.41) is 0. The number of ether oxygens (including phenoxy) is 1. The van der Waals surface area contributed by atoms with E-state index in [9.17, 15) is 0 Å². The number of anilines is 1. The molecule has 0 radical (unpaired) electrons. The average Bonchev–Trinajstić information content (AvgIpc) is 2.39. The second-order valence-corrected chi connectivity index (χ2v) is 5.36. The number of hydrogen-bond donors (Lipinski definition) is 0. The van der Waals surface area contributed by atoms with Gasteiger partial charge in [-0.05, 0) is 26.7 Å². The van der Waals surface area contributed by atoms with Gasteiger partial charge in [-0.2, -0.15) is 0 Å². The predicted octanol–water partition coefficient (Wildman–Crippen LogP) is 2.53. The Morgan fingerprint density at radius 2 is 2.33 bits per heavy atom. The monoisotopic (exact) mass is 269 g/mol. The third-order valence-electron chi connectivity index (χ3n) is 3.65. The zero-order chi connectivity index (χ0) is 13.2. The highest BCUT2D eigenvalue weighted by atomic mass is 35.5.